The van der Waals surface area contributed by atoms with Gasteiger partial charge in [0.25, 0.3) is 5.69 Å². The van der Waals surface area contributed by atoms with Gasteiger partial charge in [-0.1, -0.05) is 5.16 Å². The number of fused-ring (bicyclic) bond motifs is 1. The van der Waals surface area contributed by atoms with Crippen molar-refractivity contribution in [2.24, 2.45) is 0 Å². The molecule has 1 aliphatic rings. The van der Waals surface area contributed by atoms with Crippen LogP contribution in [0.25, 0.3) is 10.9 Å². The van der Waals surface area contributed by atoms with Crippen LogP contribution in [0.2, 0.25) is 0 Å². The van der Waals surface area contributed by atoms with Gasteiger partial charge in [0.15, 0.2) is 5.82 Å². The number of nitro groups is 1. The van der Waals surface area contributed by atoms with Crippen LogP contribution in [0.15, 0.2) is 28.8 Å². The molecule has 11 heteroatoms. The van der Waals surface area contributed by atoms with Gasteiger partial charge in [0.05, 0.1) is 28.6 Å². The molecule has 1 aliphatic heterocycles. The van der Waals surface area contributed by atoms with Crippen LogP contribution in [0.3, 0.4) is 0 Å². The van der Waals surface area contributed by atoms with E-state index in [4.69, 9.17) is 9.26 Å². The van der Waals surface area contributed by atoms with Crippen LogP contribution in [-0.4, -0.2) is 58.2 Å². The molecule has 4 rings (SSSR count). The van der Waals surface area contributed by atoms with Crippen molar-refractivity contribution in [1.82, 2.24) is 20.0 Å². The third-order valence-electron chi connectivity index (χ3n) is 5.58. The van der Waals surface area contributed by atoms with Crippen LogP contribution < -0.4 is 4.90 Å². The summed E-state index contributed by atoms with van der Waals surface area (Å²) in [5.74, 6) is 1.77. The molecule has 1 saturated heterocycles. The maximum absolute atomic E-state index is 11.1. The average molecular weight is 437 g/mol. The maximum Gasteiger partial charge on any atom is 0.270 e. The van der Waals surface area contributed by atoms with Crippen molar-refractivity contribution < 1.29 is 14.2 Å². The quantitative estimate of drug-likeness (QED) is 0.418. The SMILES string of the molecule is COC(C)c1noc(CN2CCCN(c3cc(C#N)c4cc([N+](=O)[O-])ccc4n3)CC2)n1. The third-order valence-corrected chi connectivity index (χ3v) is 5.58. The van der Waals surface area contributed by atoms with Gasteiger partial charge in [-0.15, -0.1) is 0 Å². The molecule has 32 heavy (non-hydrogen) atoms. The second-order valence-electron chi connectivity index (χ2n) is 7.64. The number of rotatable bonds is 6. The van der Waals surface area contributed by atoms with Gasteiger partial charge in [-0.25, -0.2) is 4.98 Å². The molecule has 0 bridgehead atoms. The van der Waals surface area contributed by atoms with E-state index < -0.39 is 4.92 Å². The van der Waals surface area contributed by atoms with E-state index in [1.54, 1.807) is 19.2 Å². The van der Waals surface area contributed by atoms with Crippen molar-refractivity contribution in [2.45, 2.75) is 26.0 Å². The number of non-ortho nitro benzene ring substituents is 1. The Balaban J connectivity index is 1.49. The first kappa shape index (κ1) is 21.6. The number of aromatic nitrogens is 3. The van der Waals surface area contributed by atoms with Gasteiger partial charge in [0, 0.05) is 50.8 Å². The average Bonchev–Trinajstić information content (AvgIpc) is 3.15. The van der Waals surface area contributed by atoms with Gasteiger partial charge in [-0.2, -0.15) is 10.2 Å². The second-order valence-corrected chi connectivity index (χ2v) is 7.64. The van der Waals surface area contributed by atoms with Crippen LogP contribution in [0.5, 0.6) is 0 Å². The Kier molecular flexibility index (Phi) is 6.25. The van der Waals surface area contributed by atoms with Crippen LogP contribution in [0, 0.1) is 21.4 Å². The van der Waals surface area contributed by atoms with E-state index in [9.17, 15) is 15.4 Å². The minimum absolute atomic E-state index is 0.0574. The lowest BCUT2D eigenvalue weighted by Gasteiger charge is -2.22. The van der Waals surface area contributed by atoms with Gasteiger partial charge in [-0.05, 0) is 25.5 Å². The molecule has 1 aromatic carbocycles. The summed E-state index contributed by atoms with van der Waals surface area (Å²) in [6.07, 6.45) is 0.680. The number of nitrogens with zero attached hydrogens (tertiary/aromatic N) is 7. The number of nitro benzene ring substituents is 1. The molecule has 0 aliphatic carbocycles. The zero-order valence-corrected chi connectivity index (χ0v) is 17.9. The number of methoxy groups -OCH3 is 1. The molecule has 3 heterocycles. The molecule has 0 radical (unpaired) electrons. The highest BCUT2D eigenvalue weighted by molar-refractivity contribution is 5.88. The lowest BCUT2D eigenvalue weighted by Crippen LogP contribution is -2.31. The lowest BCUT2D eigenvalue weighted by atomic mass is 10.1. The standard InChI is InChI=1S/C21H23N7O4/c1-14(31-2)21-24-20(32-25-21)13-26-6-3-7-27(9-8-26)19-10-15(12-22)17-11-16(28(29)30)4-5-18(17)23-19/h4-5,10-11,14H,3,6-9,13H2,1-2H3. The number of nitriles is 1. The Labute approximate surface area is 184 Å². The largest absolute Gasteiger partial charge is 0.374 e. The zero-order valence-electron chi connectivity index (χ0n) is 17.9. The number of pyridine rings is 1. The molecule has 0 saturated carbocycles. The van der Waals surface area contributed by atoms with Gasteiger partial charge in [0.1, 0.15) is 11.9 Å². The fourth-order valence-corrected chi connectivity index (χ4v) is 3.72. The Morgan fingerprint density at radius 2 is 2.12 bits per heavy atom. The van der Waals surface area contributed by atoms with Crippen molar-refractivity contribution in [3.05, 3.63) is 51.7 Å². The first-order chi connectivity index (χ1) is 15.5. The van der Waals surface area contributed by atoms with Crippen LogP contribution in [0.4, 0.5) is 11.5 Å². The smallest absolute Gasteiger partial charge is 0.270 e. The van der Waals surface area contributed by atoms with Crippen molar-refractivity contribution in [3.63, 3.8) is 0 Å². The number of hydrogen-bond donors (Lipinski definition) is 0. The second kappa shape index (κ2) is 9.25. The van der Waals surface area contributed by atoms with E-state index in [1.165, 1.54) is 12.1 Å². The predicted molar refractivity (Wildman–Crippen MR) is 115 cm³/mol. The summed E-state index contributed by atoms with van der Waals surface area (Å²) >= 11 is 0. The number of anilines is 1. The summed E-state index contributed by atoms with van der Waals surface area (Å²) in [6.45, 7) is 5.53. The van der Waals surface area contributed by atoms with E-state index in [2.05, 4.69) is 31.0 Å². The zero-order chi connectivity index (χ0) is 22.7. The highest BCUT2D eigenvalue weighted by Crippen LogP contribution is 2.27. The van der Waals surface area contributed by atoms with Crippen molar-refractivity contribution in [2.75, 3.05) is 38.2 Å². The Bertz CT molecular complexity index is 1170. The Hall–Kier alpha value is -3.62. The fraction of sp³-hybridized carbons (Fsp3) is 0.429. The third kappa shape index (κ3) is 4.51. The molecule has 11 nitrogen and oxygen atoms in total. The molecule has 3 aromatic rings. The monoisotopic (exact) mass is 437 g/mol. The molecular weight excluding hydrogens is 414 g/mol. The summed E-state index contributed by atoms with van der Waals surface area (Å²) < 4.78 is 10.6. The van der Waals surface area contributed by atoms with Gasteiger partial charge >= 0.3 is 0 Å². The van der Waals surface area contributed by atoms with Crippen LogP contribution in [0.1, 0.15) is 36.7 Å². The first-order valence-electron chi connectivity index (χ1n) is 10.3. The van der Waals surface area contributed by atoms with Crippen molar-refractivity contribution in [3.8, 4) is 6.07 Å². The van der Waals surface area contributed by atoms with E-state index in [-0.39, 0.29) is 11.8 Å². The summed E-state index contributed by atoms with van der Waals surface area (Å²) in [4.78, 5) is 24.1. The summed E-state index contributed by atoms with van der Waals surface area (Å²) in [5, 5.41) is 25.1. The van der Waals surface area contributed by atoms with Crippen molar-refractivity contribution >= 4 is 22.4 Å². The topological polar surface area (TPSA) is 134 Å². The summed E-state index contributed by atoms with van der Waals surface area (Å²) in [7, 11) is 1.60. The predicted octanol–water partition coefficient (Wildman–Crippen LogP) is 2.82. The Morgan fingerprint density at radius 1 is 1.28 bits per heavy atom. The number of ether oxygens (including phenoxy) is 1. The molecule has 0 amide bonds. The highest BCUT2D eigenvalue weighted by Gasteiger charge is 2.21. The highest BCUT2D eigenvalue weighted by atomic mass is 16.6. The fourth-order valence-electron chi connectivity index (χ4n) is 3.72. The van der Waals surface area contributed by atoms with E-state index >= 15 is 0 Å². The van der Waals surface area contributed by atoms with Crippen LogP contribution >= 0.6 is 0 Å². The molecule has 0 spiro atoms. The van der Waals surface area contributed by atoms with E-state index in [0.29, 0.717) is 47.1 Å². The minimum Gasteiger partial charge on any atom is -0.374 e. The molecule has 1 fully saturated rings. The number of hydrogen-bond acceptors (Lipinski definition) is 10. The van der Waals surface area contributed by atoms with Crippen LogP contribution in [-0.2, 0) is 11.3 Å². The summed E-state index contributed by atoms with van der Waals surface area (Å²) in [5.41, 5.74) is 0.884. The molecule has 1 atom stereocenters. The maximum atomic E-state index is 11.1. The Morgan fingerprint density at radius 3 is 2.88 bits per heavy atom. The molecule has 166 valence electrons. The van der Waals surface area contributed by atoms with Gasteiger partial charge in [-0.3, -0.25) is 15.0 Å². The molecule has 0 N–H and O–H groups in total. The van der Waals surface area contributed by atoms with Gasteiger partial charge in [0.2, 0.25) is 5.89 Å². The molecule has 2 aromatic heterocycles. The minimum atomic E-state index is -0.472. The molecule has 1 unspecified atom stereocenters. The van der Waals surface area contributed by atoms with Gasteiger partial charge < -0.3 is 14.2 Å². The number of benzene rings is 1. The van der Waals surface area contributed by atoms with E-state index in [0.717, 1.165) is 26.1 Å². The summed E-state index contributed by atoms with van der Waals surface area (Å²) in [6, 6.07) is 8.26. The van der Waals surface area contributed by atoms with Crippen molar-refractivity contribution in [1.29, 1.82) is 5.26 Å². The molecular formula is C21H23N7O4. The lowest BCUT2D eigenvalue weighted by molar-refractivity contribution is -0.384. The first-order valence-corrected chi connectivity index (χ1v) is 10.3. The van der Waals surface area contributed by atoms with E-state index in [1.807, 2.05) is 6.92 Å². The normalized spacial score (nSPS) is 16.0.